The van der Waals surface area contributed by atoms with Gasteiger partial charge >= 0.3 is 0 Å². The molecule has 0 saturated heterocycles. The first-order chi connectivity index (χ1) is 16.5. The van der Waals surface area contributed by atoms with Crippen LogP contribution in [0, 0.1) is 6.92 Å². The number of hydrogen-bond donors (Lipinski definition) is 1. The summed E-state index contributed by atoms with van der Waals surface area (Å²) in [6.07, 6.45) is 3.02. The van der Waals surface area contributed by atoms with Crippen molar-refractivity contribution < 1.29 is 8.42 Å². The van der Waals surface area contributed by atoms with Gasteiger partial charge in [-0.3, -0.25) is 9.36 Å². The molecule has 3 rings (SSSR count). The third kappa shape index (κ3) is 6.42. The summed E-state index contributed by atoms with van der Waals surface area (Å²) >= 11 is 5.45. The lowest BCUT2D eigenvalue weighted by molar-refractivity contribution is 0.598. The smallest absolute Gasteiger partial charge is 0.257 e. The van der Waals surface area contributed by atoms with Gasteiger partial charge < -0.3 is 4.90 Å². The predicted octanol–water partition coefficient (Wildman–Crippen LogP) is 3.69. The number of rotatable bonds is 9. The number of unbranched alkanes of at least 4 members (excludes halogenated alkanes) is 1. The molecule has 7 nitrogen and oxygen atoms in total. The largest absolute Gasteiger partial charge is 0.372 e. The van der Waals surface area contributed by atoms with Crippen LogP contribution in [0.3, 0.4) is 0 Å². The number of aryl methyl sites for hydroxylation is 2. The summed E-state index contributed by atoms with van der Waals surface area (Å²) in [7, 11) is -0.113. The highest BCUT2D eigenvalue weighted by molar-refractivity contribution is 7.89. The number of nitrogens with zero attached hydrogens (tertiary/aromatic N) is 3. The molecule has 1 aromatic heterocycles. The zero-order valence-electron chi connectivity index (χ0n) is 20.6. The van der Waals surface area contributed by atoms with Gasteiger partial charge in [-0.15, -0.1) is 0 Å². The molecule has 0 unspecified atom stereocenters. The molecule has 0 saturated carbocycles. The van der Waals surface area contributed by atoms with E-state index in [-0.39, 0.29) is 10.5 Å². The molecule has 0 aliphatic carbocycles. The van der Waals surface area contributed by atoms with Crippen LogP contribution in [0.15, 0.2) is 58.2 Å². The van der Waals surface area contributed by atoms with Crippen molar-refractivity contribution >= 4 is 27.2 Å². The van der Waals surface area contributed by atoms with Crippen molar-refractivity contribution in [3.8, 4) is 11.1 Å². The SMILES string of the molecule is CCCCc1nc(C)c(CC(=S)N(C)C)c(=O)n1Cc1ccc(-c2ccccc2S(N)(=O)=O)cc1. The first-order valence-electron chi connectivity index (χ1n) is 11.5. The van der Waals surface area contributed by atoms with Gasteiger partial charge in [-0.05, 0) is 30.5 Å². The molecule has 2 aromatic carbocycles. The lowest BCUT2D eigenvalue weighted by Gasteiger charge is -2.18. The van der Waals surface area contributed by atoms with Gasteiger partial charge in [-0.1, -0.05) is 68.0 Å². The summed E-state index contributed by atoms with van der Waals surface area (Å²) in [5, 5.41) is 5.39. The summed E-state index contributed by atoms with van der Waals surface area (Å²) < 4.78 is 25.7. The minimum absolute atomic E-state index is 0.0727. The van der Waals surface area contributed by atoms with Crippen LogP contribution in [-0.4, -0.2) is 42.0 Å². The first kappa shape index (κ1) is 26.7. The molecule has 0 aliphatic heterocycles. The fourth-order valence-electron chi connectivity index (χ4n) is 3.88. The Morgan fingerprint density at radius 2 is 1.77 bits per heavy atom. The van der Waals surface area contributed by atoms with E-state index in [0.717, 1.165) is 35.5 Å². The number of aromatic nitrogens is 2. The molecular formula is C26H32N4O3S2. The Morgan fingerprint density at radius 3 is 2.37 bits per heavy atom. The van der Waals surface area contributed by atoms with E-state index >= 15 is 0 Å². The normalized spacial score (nSPS) is 11.5. The Kier molecular flexibility index (Phi) is 8.58. The van der Waals surface area contributed by atoms with Gasteiger partial charge in [0.05, 0.1) is 16.4 Å². The second-order valence-electron chi connectivity index (χ2n) is 8.79. The monoisotopic (exact) mass is 512 g/mol. The molecule has 0 atom stereocenters. The van der Waals surface area contributed by atoms with Crippen LogP contribution in [-0.2, 0) is 29.4 Å². The molecule has 3 aromatic rings. The number of hydrogen-bond acceptors (Lipinski definition) is 5. The summed E-state index contributed by atoms with van der Waals surface area (Å²) in [6, 6.07) is 14.1. The van der Waals surface area contributed by atoms with Gasteiger partial charge in [-0.2, -0.15) is 0 Å². The van der Waals surface area contributed by atoms with Crippen molar-refractivity contribution in [2.75, 3.05) is 14.1 Å². The zero-order chi connectivity index (χ0) is 25.8. The van der Waals surface area contributed by atoms with Gasteiger partial charge in [0.15, 0.2) is 0 Å². The van der Waals surface area contributed by atoms with Gasteiger partial charge in [0.2, 0.25) is 10.0 Å². The second-order valence-corrected chi connectivity index (χ2v) is 10.8. The van der Waals surface area contributed by atoms with Gasteiger partial charge in [0.25, 0.3) is 5.56 Å². The van der Waals surface area contributed by atoms with Crippen LogP contribution >= 0.6 is 12.2 Å². The number of thiocarbonyl (C=S) groups is 1. The van der Waals surface area contributed by atoms with Crippen LogP contribution < -0.4 is 10.7 Å². The maximum Gasteiger partial charge on any atom is 0.257 e. The minimum atomic E-state index is -3.85. The third-order valence-electron chi connectivity index (χ3n) is 5.93. The van der Waals surface area contributed by atoms with E-state index in [9.17, 15) is 13.2 Å². The highest BCUT2D eigenvalue weighted by Crippen LogP contribution is 2.27. The van der Waals surface area contributed by atoms with Crippen LogP contribution in [0.2, 0.25) is 0 Å². The van der Waals surface area contributed by atoms with Crippen molar-refractivity contribution in [2.24, 2.45) is 5.14 Å². The van der Waals surface area contributed by atoms with Gasteiger partial charge in [-0.25, -0.2) is 18.5 Å². The Hall–Kier alpha value is -2.88. The molecule has 1 heterocycles. The molecule has 0 bridgehead atoms. The van der Waals surface area contributed by atoms with Crippen molar-refractivity contribution in [1.82, 2.24) is 14.5 Å². The summed E-state index contributed by atoms with van der Waals surface area (Å²) in [6.45, 7) is 4.34. The fourth-order valence-corrected chi connectivity index (χ4v) is 4.79. The van der Waals surface area contributed by atoms with Crippen molar-refractivity contribution in [2.45, 2.75) is 51.0 Å². The molecule has 2 N–H and O–H groups in total. The topological polar surface area (TPSA) is 98.3 Å². The quantitative estimate of drug-likeness (QED) is 0.439. The first-order valence-corrected chi connectivity index (χ1v) is 13.5. The van der Waals surface area contributed by atoms with E-state index in [4.69, 9.17) is 22.3 Å². The molecule has 0 radical (unpaired) electrons. The molecule has 0 fully saturated rings. The maximum absolute atomic E-state index is 13.5. The summed E-state index contributed by atoms with van der Waals surface area (Å²) in [4.78, 5) is 20.9. The Bertz CT molecular complexity index is 1380. The number of nitrogens with two attached hydrogens (primary N) is 1. The molecule has 0 spiro atoms. The maximum atomic E-state index is 13.5. The van der Waals surface area contributed by atoms with Crippen molar-refractivity contribution in [3.05, 3.63) is 81.5 Å². The number of benzene rings is 2. The molecule has 186 valence electrons. The van der Waals surface area contributed by atoms with E-state index in [1.54, 1.807) is 22.8 Å². The van der Waals surface area contributed by atoms with Crippen LogP contribution in [0.25, 0.3) is 11.1 Å². The summed E-state index contributed by atoms with van der Waals surface area (Å²) in [5.74, 6) is 0.762. The second kappa shape index (κ2) is 11.2. The Morgan fingerprint density at radius 1 is 1.11 bits per heavy atom. The average Bonchev–Trinajstić information content (AvgIpc) is 2.82. The lowest BCUT2D eigenvalue weighted by Crippen LogP contribution is -2.33. The van der Waals surface area contributed by atoms with Crippen LogP contribution in [0.4, 0.5) is 0 Å². The van der Waals surface area contributed by atoms with Crippen molar-refractivity contribution in [3.63, 3.8) is 0 Å². The predicted molar refractivity (Wildman–Crippen MR) is 144 cm³/mol. The number of primary sulfonamides is 1. The number of likely N-dealkylation sites (N-methyl/N-ethyl adjacent to an activating group) is 1. The minimum Gasteiger partial charge on any atom is -0.372 e. The lowest BCUT2D eigenvalue weighted by atomic mass is 10.0. The van der Waals surface area contributed by atoms with Crippen LogP contribution in [0.1, 0.15) is 42.4 Å². The fraction of sp³-hybridized carbons (Fsp3) is 0.346. The molecule has 9 heteroatoms. The zero-order valence-corrected chi connectivity index (χ0v) is 22.2. The highest BCUT2D eigenvalue weighted by atomic mass is 32.2. The molecule has 35 heavy (non-hydrogen) atoms. The standard InChI is InChI=1S/C26H32N4O3S2/c1-5-6-11-24-28-18(2)22(16-25(34)29(3)4)26(31)30(24)17-19-12-14-20(15-13-19)21-9-7-8-10-23(21)35(27,32)33/h7-10,12-15H,5-6,11,16-17H2,1-4H3,(H2,27,32,33). The molecule has 0 amide bonds. The van der Waals surface area contributed by atoms with Gasteiger partial charge in [0, 0.05) is 43.8 Å². The number of sulfonamides is 1. The Balaban J connectivity index is 2.00. The van der Waals surface area contributed by atoms with E-state index in [0.29, 0.717) is 35.5 Å². The van der Waals surface area contributed by atoms with Crippen LogP contribution in [0.5, 0.6) is 0 Å². The summed E-state index contributed by atoms with van der Waals surface area (Å²) in [5.41, 5.74) is 3.44. The van der Waals surface area contributed by atoms with E-state index in [1.807, 2.05) is 50.2 Å². The Labute approximate surface area is 212 Å². The molecular weight excluding hydrogens is 480 g/mol. The van der Waals surface area contributed by atoms with Crippen molar-refractivity contribution in [1.29, 1.82) is 0 Å². The highest BCUT2D eigenvalue weighted by Gasteiger charge is 2.17. The van der Waals surface area contributed by atoms with E-state index in [1.165, 1.54) is 6.07 Å². The van der Waals surface area contributed by atoms with Gasteiger partial charge in [0.1, 0.15) is 5.82 Å². The third-order valence-corrected chi connectivity index (χ3v) is 7.41. The van der Waals surface area contributed by atoms with E-state index in [2.05, 4.69) is 6.92 Å². The average molecular weight is 513 g/mol. The van der Waals surface area contributed by atoms with E-state index < -0.39 is 10.0 Å². The molecule has 0 aliphatic rings.